The standard InChI is InChI=1S/C30H27N3O8S/c1-3-39-29(37)20-7-11-22(12-8-20)32-30-33(16-18-4-13-23-24(14-18)41-17-40-23)26(34)15-25(42-30)27(35)31-21-9-5-19(6-10-21)28(36)38-2/h4-14,25H,3,15-17H2,1-2H3,(H,31,35). The number of rotatable bonds is 8. The van der Waals surface area contributed by atoms with Gasteiger partial charge >= 0.3 is 11.9 Å². The highest BCUT2D eigenvalue weighted by molar-refractivity contribution is 8.15. The minimum Gasteiger partial charge on any atom is -0.465 e. The Morgan fingerprint density at radius 1 is 0.976 bits per heavy atom. The summed E-state index contributed by atoms with van der Waals surface area (Å²) in [5.41, 5.74) is 2.48. The zero-order chi connectivity index (χ0) is 29.6. The van der Waals surface area contributed by atoms with Gasteiger partial charge in [-0.3, -0.25) is 14.5 Å². The van der Waals surface area contributed by atoms with Crippen LogP contribution in [0.4, 0.5) is 11.4 Å². The number of thioether (sulfide) groups is 1. The van der Waals surface area contributed by atoms with E-state index in [1.807, 2.05) is 12.1 Å². The molecule has 2 heterocycles. The van der Waals surface area contributed by atoms with Crippen LogP contribution in [0.1, 0.15) is 39.6 Å². The molecule has 3 aromatic rings. The van der Waals surface area contributed by atoms with Crippen LogP contribution in [0.2, 0.25) is 0 Å². The van der Waals surface area contributed by atoms with Crippen LogP contribution in [-0.2, 0) is 25.6 Å². The number of amides is 2. The van der Waals surface area contributed by atoms with E-state index in [-0.39, 0.29) is 38.2 Å². The van der Waals surface area contributed by atoms with Gasteiger partial charge in [0.25, 0.3) is 0 Å². The molecule has 1 unspecified atom stereocenters. The zero-order valence-corrected chi connectivity index (χ0v) is 23.6. The van der Waals surface area contributed by atoms with Crippen molar-refractivity contribution in [1.82, 2.24) is 4.90 Å². The van der Waals surface area contributed by atoms with Gasteiger partial charge in [0.2, 0.25) is 18.6 Å². The number of hydrogen-bond acceptors (Lipinski definition) is 10. The predicted octanol–water partition coefficient (Wildman–Crippen LogP) is 4.54. The Balaban J connectivity index is 1.38. The van der Waals surface area contributed by atoms with E-state index in [1.165, 1.54) is 12.0 Å². The number of carbonyl (C=O) groups excluding carboxylic acids is 4. The van der Waals surface area contributed by atoms with E-state index >= 15 is 0 Å². The number of hydrogen-bond donors (Lipinski definition) is 1. The molecule has 0 spiro atoms. The highest BCUT2D eigenvalue weighted by atomic mass is 32.2. The third kappa shape index (κ3) is 6.55. The lowest BCUT2D eigenvalue weighted by Crippen LogP contribution is -2.44. The molecule has 0 radical (unpaired) electrons. The summed E-state index contributed by atoms with van der Waals surface area (Å²) in [5.74, 6) is -0.375. The number of nitrogens with one attached hydrogen (secondary N) is 1. The number of aliphatic imine (C=N–C) groups is 1. The molecule has 0 saturated carbocycles. The van der Waals surface area contributed by atoms with Crippen molar-refractivity contribution in [3.05, 3.63) is 83.4 Å². The quantitative estimate of drug-likeness (QED) is 0.376. The zero-order valence-electron chi connectivity index (χ0n) is 22.8. The SMILES string of the molecule is CCOC(=O)c1ccc(N=C2SC(C(=O)Nc3ccc(C(=O)OC)cc3)CC(=O)N2Cc2ccc3c(c2)OCO3)cc1. The molecule has 0 aliphatic carbocycles. The van der Waals surface area contributed by atoms with E-state index in [0.29, 0.717) is 39.2 Å². The molecule has 216 valence electrons. The molecule has 3 aromatic carbocycles. The molecule has 1 atom stereocenters. The van der Waals surface area contributed by atoms with Gasteiger partial charge in [-0.2, -0.15) is 0 Å². The Kier molecular flexibility index (Phi) is 8.72. The van der Waals surface area contributed by atoms with Gasteiger partial charge in [0.05, 0.1) is 37.1 Å². The minimum atomic E-state index is -0.761. The van der Waals surface area contributed by atoms with Gasteiger partial charge in [0, 0.05) is 12.1 Å². The number of methoxy groups -OCH3 is 1. The lowest BCUT2D eigenvalue weighted by atomic mass is 10.1. The van der Waals surface area contributed by atoms with Gasteiger partial charge < -0.3 is 24.3 Å². The average molecular weight is 590 g/mol. The molecule has 1 saturated heterocycles. The number of anilines is 1. The van der Waals surface area contributed by atoms with Crippen molar-refractivity contribution in [3.63, 3.8) is 0 Å². The summed E-state index contributed by atoms with van der Waals surface area (Å²) in [6.07, 6.45) is -0.0535. The molecule has 42 heavy (non-hydrogen) atoms. The lowest BCUT2D eigenvalue weighted by Gasteiger charge is -2.32. The van der Waals surface area contributed by atoms with E-state index < -0.39 is 17.2 Å². The van der Waals surface area contributed by atoms with Crippen LogP contribution in [0.3, 0.4) is 0 Å². The Bertz CT molecular complexity index is 1540. The van der Waals surface area contributed by atoms with Crippen LogP contribution in [-0.4, -0.2) is 59.6 Å². The van der Waals surface area contributed by atoms with Gasteiger partial charge in [-0.1, -0.05) is 17.8 Å². The van der Waals surface area contributed by atoms with E-state index in [2.05, 4.69) is 5.32 Å². The van der Waals surface area contributed by atoms with Crippen LogP contribution in [0.5, 0.6) is 11.5 Å². The molecule has 0 aromatic heterocycles. The first kappa shape index (κ1) is 28.7. The summed E-state index contributed by atoms with van der Waals surface area (Å²) in [5, 5.41) is 2.37. The first-order valence-electron chi connectivity index (χ1n) is 13.0. The number of esters is 2. The fraction of sp³-hybridized carbons (Fsp3) is 0.233. The van der Waals surface area contributed by atoms with Crippen molar-refractivity contribution in [2.45, 2.75) is 25.1 Å². The highest BCUT2D eigenvalue weighted by Gasteiger charge is 2.36. The fourth-order valence-corrected chi connectivity index (χ4v) is 5.34. The summed E-state index contributed by atoms with van der Waals surface area (Å²) in [6, 6.07) is 18.2. The molecule has 2 aliphatic heterocycles. The topological polar surface area (TPSA) is 133 Å². The second kappa shape index (κ2) is 12.8. The number of nitrogens with zero attached hydrogens (tertiary/aromatic N) is 2. The number of amidine groups is 1. The Morgan fingerprint density at radius 3 is 2.38 bits per heavy atom. The van der Waals surface area contributed by atoms with Crippen molar-refractivity contribution >= 4 is 52.1 Å². The van der Waals surface area contributed by atoms with Crippen molar-refractivity contribution < 1.29 is 38.1 Å². The van der Waals surface area contributed by atoms with Gasteiger partial charge in [-0.15, -0.1) is 0 Å². The molecule has 11 nitrogen and oxygen atoms in total. The number of benzene rings is 3. The van der Waals surface area contributed by atoms with Crippen LogP contribution >= 0.6 is 11.8 Å². The maximum absolute atomic E-state index is 13.5. The van der Waals surface area contributed by atoms with Crippen molar-refractivity contribution in [3.8, 4) is 11.5 Å². The Hall–Kier alpha value is -4.84. The normalized spacial score (nSPS) is 16.7. The smallest absolute Gasteiger partial charge is 0.338 e. The maximum Gasteiger partial charge on any atom is 0.338 e. The second-order valence-corrected chi connectivity index (χ2v) is 10.4. The largest absolute Gasteiger partial charge is 0.465 e. The van der Waals surface area contributed by atoms with Gasteiger partial charge in [-0.05, 0) is 73.2 Å². The summed E-state index contributed by atoms with van der Waals surface area (Å²) in [7, 11) is 1.29. The highest BCUT2D eigenvalue weighted by Crippen LogP contribution is 2.35. The Labute approximate surface area is 245 Å². The van der Waals surface area contributed by atoms with Gasteiger partial charge in [0.15, 0.2) is 16.7 Å². The molecule has 5 rings (SSSR count). The van der Waals surface area contributed by atoms with E-state index in [1.54, 1.807) is 61.5 Å². The third-order valence-corrected chi connectivity index (χ3v) is 7.57. The van der Waals surface area contributed by atoms with Crippen molar-refractivity contribution in [2.75, 3.05) is 25.8 Å². The minimum absolute atomic E-state index is 0.0535. The average Bonchev–Trinajstić information content (AvgIpc) is 3.47. The predicted molar refractivity (Wildman–Crippen MR) is 155 cm³/mol. The van der Waals surface area contributed by atoms with Gasteiger partial charge in [0.1, 0.15) is 5.25 Å². The molecule has 1 N–H and O–H groups in total. The monoisotopic (exact) mass is 589 g/mol. The van der Waals surface area contributed by atoms with E-state index in [9.17, 15) is 19.2 Å². The van der Waals surface area contributed by atoms with Crippen LogP contribution in [0.15, 0.2) is 71.7 Å². The number of carbonyl (C=O) groups is 4. The van der Waals surface area contributed by atoms with Crippen LogP contribution < -0.4 is 14.8 Å². The first-order chi connectivity index (χ1) is 20.3. The summed E-state index contributed by atoms with van der Waals surface area (Å²) in [6.45, 7) is 2.32. The number of ether oxygens (including phenoxy) is 4. The van der Waals surface area contributed by atoms with Crippen LogP contribution in [0, 0.1) is 0 Å². The molecular weight excluding hydrogens is 562 g/mol. The molecule has 12 heteroatoms. The molecule has 2 aliphatic rings. The number of fused-ring (bicyclic) bond motifs is 1. The van der Waals surface area contributed by atoms with E-state index in [4.69, 9.17) is 23.9 Å². The maximum atomic E-state index is 13.5. The Morgan fingerprint density at radius 2 is 1.67 bits per heavy atom. The van der Waals surface area contributed by atoms with Crippen molar-refractivity contribution in [1.29, 1.82) is 0 Å². The first-order valence-corrected chi connectivity index (χ1v) is 13.9. The summed E-state index contributed by atoms with van der Waals surface area (Å²) in [4.78, 5) is 56.7. The van der Waals surface area contributed by atoms with Crippen molar-refractivity contribution in [2.24, 2.45) is 4.99 Å². The van der Waals surface area contributed by atoms with E-state index in [0.717, 1.165) is 17.3 Å². The lowest BCUT2D eigenvalue weighted by molar-refractivity contribution is -0.129. The third-order valence-electron chi connectivity index (χ3n) is 6.39. The summed E-state index contributed by atoms with van der Waals surface area (Å²) >= 11 is 1.16. The fourth-order valence-electron chi connectivity index (χ4n) is 4.25. The van der Waals surface area contributed by atoms with Crippen LogP contribution in [0.25, 0.3) is 0 Å². The summed E-state index contributed by atoms with van der Waals surface area (Å²) < 4.78 is 20.6. The second-order valence-electron chi connectivity index (χ2n) is 9.20. The molecular formula is C30H27N3O8S. The molecule has 2 amide bonds. The molecule has 1 fully saturated rings. The van der Waals surface area contributed by atoms with Gasteiger partial charge in [-0.25, -0.2) is 14.6 Å². The molecule has 0 bridgehead atoms.